The van der Waals surface area contributed by atoms with Crippen LogP contribution < -0.4 is 5.32 Å². The average Bonchev–Trinajstić information content (AvgIpc) is 3.17. The maximum atomic E-state index is 4.62. The minimum atomic E-state index is -0.359. The van der Waals surface area contributed by atoms with Crippen LogP contribution in [0.15, 0.2) is 78.6 Å². The molecule has 0 spiro atoms. The fourth-order valence-electron chi connectivity index (χ4n) is 3.19. The van der Waals surface area contributed by atoms with Crippen LogP contribution in [0.4, 0.5) is 5.69 Å². The van der Waals surface area contributed by atoms with E-state index < -0.39 is 0 Å². The number of hydrogen-bond acceptors (Lipinski definition) is 4. The van der Waals surface area contributed by atoms with E-state index in [1.807, 2.05) is 54.0 Å². The van der Waals surface area contributed by atoms with Crippen LogP contribution in [0.2, 0.25) is 0 Å². The summed E-state index contributed by atoms with van der Waals surface area (Å²) < 4.78 is 1.94. The first-order valence-electron chi connectivity index (χ1n) is 10.1. The molecule has 2 heterocycles. The number of thioether (sulfide) groups is 1. The summed E-state index contributed by atoms with van der Waals surface area (Å²) in [5.74, 6) is 1.09. The fourth-order valence-corrected chi connectivity index (χ4v) is 3.85. The molecule has 5 heteroatoms. The van der Waals surface area contributed by atoms with Gasteiger partial charge in [-0.1, -0.05) is 32.2 Å². The van der Waals surface area contributed by atoms with Crippen LogP contribution in [0.1, 0.15) is 37.7 Å². The molecule has 1 N–H and O–H groups in total. The van der Waals surface area contributed by atoms with E-state index in [0.29, 0.717) is 0 Å². The van der Waals surface area contributed by atoms with Crippen molar-refractivity contribution in [2.75, 3.05) is 11.1 Å². The molecule has 0 saturated heterocycles. The lowest BCUT2D eigenvalue weighted by atomic mass is 9.92. The van der Waals surface area contributed by atoms with E-state index in [2.05, 4.69) is 73.6 Å². The van der Waals surface area contributed by atoms with Crippen LogP contribution in [0.5, 0.6) is 0 Å². The van der Waals surface area contributed by atoms with Crippen molar-refractivity contribution in [3.63, 3.8) is 0 Å². The Morgan fingerprint density at radius 2 is 1.83 bits per heavy atom. The first-order chi connectivity index (χ1) is 14.3. The molecule has 0 fully saturated rings. The predicted octanol–water partition coefficient (Wildman–Crippen LogP) is 6.32. The lowest BCUT2D eigenvalue weighted by molar-refractivity contribution is 0.420. The summed E-state index contributed by atoms with van der Waals surface area (Å²) in [5.41, 5.74) is 5.49. The van der Waals surface area contributed by atoms with E-state index in [4.69, 9.17) is 0 Å². The maximum Gasteiger partial charge on any atom is 0.0834 e. The van der Waals surface area contributed by atoms with Crippen molar-refractivity contribution >= 4 is 23.0 Å². The Kier molecular flexibility index (Phi) is 6.83. The Balaban J connectivity index is 1.62. The number of allylic oxidation sites excluding steroid dienone is 2. The van der Waals surface area contributed by atoms with Crippen LogP contribution in [0.25, 0.3) is 5.57 Å². The Morgan fingerprint density at radius 1 is 1.10 bits per heavy atom. The number of nitrogens with zero attached hydrogens (tertiary/aromatic N) is 3. The Hall–Kier alpha value is -2.79. The molecule has 0 aliphatic heterocycles. The predicted molar refractivity (Wildman–Crippen MR) is 129 cm³/mol. The van der Waals surface area contributed by atoms with Gasteiger partial charge in [-0.05, 0) is 68.0 Å². The molecular weight excluding hydrogens is 388 g/mol. The van der Waals surface area contributed by atoms with E-state index in [-0.39, 0.29) is 5.54 Å². The molecule has 4 nitrogen and oxygen atoms in total. The zero-order chi connectivity index (χ0) is 21.7. The standard InChI is InChI=1S/C25H30N4S/c1-7-30-23-11-8-21(9-12-23)16-19(3)27-22-10-13-24(26-17-22)20(4)25(5,6)29-15-14-18(2)28-29/h8-15,17,27H,3-4,7,16H2,1-2,5-6H3. The summed E-state index contributed by atoms with van der Waals surface area (Å²) >= 11 is 1.85. The van der Waals surface area contributed by atoms with Crippen LogP contribution in [0.3, 0.4) is 0 Å². The van der Waals surface area contributed by atoms with Crippen molar-refractivity contribution < 1.29 is 0 Å². The van der Waals surface area contributed by atoms with Crippen LogP contribution in [-0.4, -0.2) is 20.5 Å². The zero-order valence-electron chi connectivity index (χ0n) is 18.3. The van der Waals surface area contributed by atoms with Gasteiger partial charge in [0.15, 0.2) is 0 Å². The maximum absolute atomic E-state index is 4.62. The van der Waals surface area contributed by atoms with Gasteiger partial charge >= 0.3 is 0 Å². The van der Waals surface area contributed by atoms with E-state index in [9.17, 15) is 0 Å². The molecule has 156 valence electrons. The SMILES string of the molecule is C=C(Cc1ccc(SCC)cc1)Nc1ccc(C(=C)C(C)(C)n2ccc(C)n2)nc1. The number of aryl methyl sites for hydroxylation is 1. The van der Waals surface area contributed by atoms with Gasteiger partial charge in [0.1, 0.15) is 0 Å². The molecule has 3 aromatic rings. The van der Waals surface area contributed by atoms with E-state index in [1.54, 1.807) is 0 Å². The lowest BCUT2D eigenvalue weighted by Crippen LogP contribution is -2.28. The number of aromatic nitrogens is 3. The highest BCUT2D eigenvalue weighted by Gasteiger charge is 2.26. The molecule has 0 radical (unpaired) electrons. The molecule has 30 heavy (non-hydrogen) atoms. The van der Waals surface area contributed by atoms with E-state index in [1.165, 1.54) is 10.5 Å². The minimum Gasteiger partial charge on any atom is -0.358 e. The molecule has 0 unspecified atom stereocenters. The molecule has 0 bridgehead atoms. The van der Waals surface area contributed by atoms with Crippen LogP contribution in [-0.2, 0) is 12.0 Å². The summed E-state index contributed by atoms with van der Waals surface area (Å²) in [6.45, 7) is 16.8. The zero-order valence-corrected chi connectivity index (χ0v) is 19.1. The third-order valence-corrected chi connectivity index (χ3v) is 5.97. The Bertz CT molecular complexity index is 1010. The van der Waals surface area contributed by atoms with Gasteiger partial charge < -0.3 is 5.32 Å². The summed E-state index contributed by atoms with van der Waals surface area (Å²) in [4.78, 5) is 5.92. The molecule has 0 amide bonds. The Labute approximate surface area is 184 Å². The van der Waals surface area contributed by atoms with Gasteiger partial charge in [-0.2, -0.15) is 5.10 Å². The monoisotopic (exact) mass is 418 g/mol. The van der Waals surface area contributed by atoms with Crippen molar-refractivity contribution in [3.05, 3.63) is 90.7 Å². The first kappa shape index (κ1) is 21.9. The van der Waals surface area contributed by atoms with E-state index in [0.717, 1.165) is 40.5 Å². The van der Waals surface area contributed by atoms with Gasteiger partial charge in [-0.3, -0.25) is 9.67 Å². The topological polar surface area (TPSA) is 42.7 Å². The molecule has 0 aliphatic carbocycles. The molecule has 3 rings (SSSR count). The highest BCUT2D eigenvalue weighted by Crippen LogP contribution is 2.31. The summed E-state index contributed by atoms with van der Waals surface area (Å²) in [6.07, 6.45) is 4.59. The fraction of sp³-hybridized carbons (Fsp3) is 0.280. The van der Waals surface area contributed by atoms with E-state index >= 15 is 0 Å². The smallest absolute Gasteiger partial charge is 0.0834 e. The summed E-state index contributed by atoms with van der Waals surface area (Å²) in [5, 5.41) is 7.90. The first-order valence-corrected chi connectivity index (χ1v) is 11.1. The van der Waals surface area contributed by atoms with Gasteiger partial charge in [-0.25, -0.2) is 0 Å². The van der Waals surface area contributed by atoms with Gasteiger partial charge in [0, 0.05) is 23.2 Å². The van der Waals surface area contributed by atoms with Crippen molar-refractivity contribution in [3.8, 4) is 0 Å². The lowest BCUT2D eigenvalue weighted by Gasteiger charge is -2.28. The van der Waals surface area contributed by atoms with Crippen molar-refractivity contribution in [2.24, 2.45) is 0 Å². The van der Waals surface area contributed by atoms with Crippen molar-refractivity contribution in [2.45, 2.75) is 44.6 Å². The van der Waals surface area contributed by atoms with Crippen molar-refractivity contribution in [1.82, 2.24) is 14.8 Å². The molecule has 2 aromatic heterocycles. The number of anilines is 1. The van der Waals surface area contributed by atoms with Gasteiger partial charge in [-0.15, -0.1) is 11.8 Å². The molecular formula is C25H30N4S. The third kappa shape index (κ3) is 5.22. The normalized spacial score (nSPS) is 11.3. The second-order valence-corrected chi connectivity index (χ2v) is 9.19. The van der Waals surface area contributed by atoms with Crippen LogP contribution in [0, 0.1) is 6.92 Å². The number of hydrogen-bond donors (Lipinski definition) is 1. The largest absolute Gasteiger partial charge is 0.358 e. The number of rotatable bonds is 9. The van der Waals surface area contributed by atoms with Crippen molar-refractivity contribution in [1.29, 1.82) is 0 Å². The Morgan fingerprint density at radius 3 is 2.40 bits per heavy atom. The van der Waals surface area contributed by atoms with Gasteiger partial charge in [0.25, 0.3) is 0 Å². The number of nitrogens with one attached hydrogen (secondary N) is 1. The minimum absolute atomic E-state index is 0.359. The third-order valence-electron chi connectivity index (χ3n) is 5.08. The number of benzene rings is 1. The van der Waals surface area contributed by atoms with Crippen LogP contribution >= 0.6 is 11.8 Å². The molecule has 0 saturated carbocycles. The number of pyridine rings is 1. The highest BCUT2D eigenvalue weighted by molar-refractivity contribution is 7.99. The second kappa shape index (κ2) is 9.35. The quantitative estimate of drug-likeness (QED) is 0.413. The van der Waals surface area contributed by atoms with Gasteiger partial charge in [0.2, 0.25) is 0 Å². The molecule has 0 atom stereocenters. The van der Waals surface area contributed by atoms with Gasteiger partial charge in [0.05, 0.1) is 28.8 Å². The second-order valence-electron chi connectivity index (χ2n) is 7.85. The average molecular weight is 419 g/mol. The molecule has 0 aliphatic rings. The highest BCUT2D eigenvalue weighted by atomic mass is 32.2. The summed E-state index contributed by atoms with van der Waals surface area (Å²) in [7, 11) is 0. The molecule has 1 aromatic carbocycles. The summed E-state index contributed by atoms with van der Waals surface area (Å²) in [6, 6.07) is 14.7.